The first-order chi connectivity index (χ1) is 15.0. The van der Waals surface area contributed by atoms with Gasteiger partial charge in [-0.3, -0.25) is 4.79 Å². The van der Waals surface area contributed by atoms with Gasteiger partial charge in [0.25, 0.3) is 0 Å². The first kappa shape index (κ1) is 21.1. The molecule has 4 rings (SSSR count). The molecular formula is C23H21FN3O3S. The van der Waals surface area contributed by atoms with Gasteiger partial charge in [0.05, 0.1) is 11.3 Å². The number of ether oxygens (including phenoxy) is 1. The number of nitrogens with one attached hydrogen (secondary N) is 1. The summed E-state index contributed by atoms with van der Waals surface area (Å²) in [6.07, 6.45) is 3.90. The molecule has 8 heteroatoms. The van der Waals surface area contributed by atoms with Crippen molar-refractivity contribution in [3.05, 3.63) is 66.5 Å². The molecule has 1 aliphatic heterocycles. The maximum atomic E-state index is 13.4. The molecular weight excluding hydrogens is 417 g/mol. The maximum Gasteiger partial charge on any atom is 0.409 e. The Morgan fingerprint density at radius 3 is 2.45 bits per heavy atom. The van der Waals surface area contributed by atoms with Crippen LogP contribution in [0.25, 0.3) is 21.0 Å². The predicted octanol–water partition coefficient (Wildman–Crippen LogP) is 4.60. The zero-order valence-corrected chi connectivity index (χ0v) is 17.5. The molecule has 1 amide bonds. The third-order valence-electron chi connectivity index (χ3n) is 4.99. The lowest BCUT2D eigenvalue weighted by molar-refractivity contribution is 0.101. The molecule has 1 atom stereocenters. The molecule has 0 spiro atoms. The van der Waals surface area contributed by atoms with Crippen molar-refractivity contribution in [3.8, 4) is 26.8 Å². The number of hydrogen-bond acceptors (Lipinski definition) is 6. The average Bonchev–Trinajstić information content (AvgIpc) is 3.21. The number of piperidine rings is 1. The van der Waals surface area contributed by atoms with Crippen molar-refractivity contribution in [1.82, 2.24) is 10.3 Å². The molecule has 1 aromatic heterocycles. The van der Waals surface area contributed by atoms with Crippen LogP contribution in [0.1, 0.15) is 29.8 Å². The summed E-state index contributed by atoms with van der Waals surface area (Å²) in [6, 6.07) is 12.8. The van der Waals surface area contributed by atoms with Crippen LogP contribution in [0, 0.1) is 12.2 Å². The Morgan fingerprint density at radius 1 is 1.10 bits per heavy atom. The zero-order valence-electron chi connectivity index (χ0n) is 16.6. The van der Waals surface area contributed by atoms with Gasteiger partial charge in [0.2, 0.25) is 0 Å². The van der Waals surface area contributed by atoms with E-state index in [2.05, 4.69) is 10.3 Å². The van der Waals surface area contributed by atoms with Crippen LogP contribution in [0.5, 0.6) is 5.75 Å². The van der Waals surface area contributed by atoms with Gasteiger partial charge in [0.1, 0.15) is 22.3 Å². The fraction of sp³-hybridized carbons (Fsp3) is 0.217. The summed E-state index contributed by atoms with van der Waals surface area (Å²) >= 11 is 1.35. The van der Waals surface area contributed by atoms with Crippen molar-refractivity contribution in [2.75, 3.05) is 6.54 Å². The summed E-state index contributed by atoms with van der Waals surface area (Å²) in [5.74, 6) is -0.182. The minimum atomic E-state index is -0.889. The fourth-order valence-corrected chi connectivity index (χ4v) is 4.55. The average molecular weight is 439 g/mol. The van der Waals surface area contributed by atoms with Crippen LogP contribution in [0.2, 0.25) is 0 Å². The van der Waals surface area contributed by atoms with Gasteiger partial charge >= 0.3 is 6.09 Å². The van der Waals surface area contributed by atoms with Gasteiger partial charge in [-0.05, 0) is 61.3 Å². The van der Waals surface area contributed by atoms with Gasteiger partial charge in [-0.15, -0.1) is 11.3 Å². The summed E-state index contributed by atoms with van der Waals surface area (Å²) in [6.45, 7) is 0.890. The Morgan fingerprint density at radius 2 is 1.81 bits per heavy atom. The Balaban J connectivity index is 1.67. The van der Waals surface area contributed by atoms with E-state index in [1.54, 1.807) is 42.8 Å². The highest BCUT2D eigenvalue weighted by molar-refractivity contribution is 7.18. The number of thiazole rings is 1. The van der Waals surface area contributed by atoms with Crippen LogP contribution < -0.4 is 15.8 Å². The molecule has 1 saturated heterocycles. The SMILES string of the molecule is NC(=O)Oc1ccc(-c2nc(C(=O)[CH]C3CCCCN3)c(-c3ccc(F)cc3)s2)cc1. The summed E-state index contributed by atoms with van der Waals surface area (Å²) in [4.78, 5) is 29.3. The molecule has 0 aliphatic carbocycles. The number of ketones is 1. The van der Waals surface area contributed by atoms with E-state index in [0.29, 0.717) is 21.3 Å². The number of rotatable bonds is 6. The Bertz CT molecular complexity index is 1070. The Hall–Kier alpha value is -3.10. The van der Waals surface area contributed by atoms with Crippen LogP contribution in [0.4, 0.5) is 9.18 Å². The number of amides is 1. The molecule has 1 aliphatic rings. The lowest BCUT2D eigenvalue weighted by Gasteiger charge is -2.22. The lowest BCUT2D eigenvalue weighted by atomic mass is 9.98. The van der Waals surface area contributed by atoms with Crippen molar-refractivity contribution in [2.24, 2.45) is 5.73 Å². The number of nitrogens with zero attached hydrogens (tertiary/aromatic N) is 1. The lowest BCUT2D eigenvalue weighted by Crippen LogP contribution is -2.36. The number of nitrogens with two attached hydrogens (primary N) is 1. The zero-order chi connectivity index (χ0) is 21.8. The molecule has 3 N–H and O–H groups in total. The maximum absolute atomic E-state index is 13.4. The number of benzene rings is 2. The molecule has 1 fully saturated rings. The van der Waals surface area contributed by atoms with Crippen molar-refractivity contribution >= 4 is 23.2 Å². The van der Waals surface area contributed by atoms with Crippen molar-refractivity contribution in [3.63, 3.8) is 0 Å². The molecule has 1 unspecified atom stereocenters. The third kappa shape index (κ3) is 5.15. The quantitative estimate of drug-likeness (QED) is 0.549. The van der Waals surface area contributed by atoms with E-state index in [1.165, 1.54) is 23.5 Å². The molecule has 31 heavy (non-hydrogen) atoms. The highest BCUT2D eigenvalue weighted by Gasteiger charge is 2.24. The van der Waals surface area contributed by atoms with Gasteiger partial charge in [-0.2, -0.15) is 0 Å². The van der Waals surface area contributed by atoms with E-state index in [-0.39, 0.29) is 17.6 Å². The number of aromatic nitrogens is 1. The first-order valence-corrected chi connectivity index (χ1v) is 10.8. The second-order valence-electron chi connectivity index (χ2n) is 7.24. The fourth-order valence-electron chi connectivity index (χ4n) is 3.47. The van der Waals surface area contributed by atoms with E-state index in [0.717, 1.165) is 36.9 Å². The molecule has 6 nitrogen and oxygen atoms in total. The molecule has 159 valence electrons. The second-order valence-corrected chi connectivity index (χ2v) is 8.24. The predicted molar refractivity (Wildman–Crippen MR) is 117 cm³/mol. The van der Waals surface area contributed by atoms with E-state index in [4.69, 9.17) is 10.5 Å². The smallest absolute Gasteiger partial charge is 0.409 e. The summed E-state index contributed by atoms with van der Waals surface area (Å²) < 4.78 is 18.3. The van der Waals surface area contributed by atoms with E-state index in [1.807, 2.05) is 0 Å². The Kier molecular flexibility index (Phi) is 6.39. The van der Waals surface area contributed by atoms with E-state index >= 15 is 0 Å². The normalized spacial score (nSPS) is 16.1. The third-order valence-corrected chi connectivity index (χ3v) is 6.14. The van der Waals surface area contributed by atoms with Crippen LogP contribution in [0.3, 0.4) is 0 Å². The van der Waals surface area contributed by atoms with Gasteiger partial charge in [0, 0.05) is 11.6 Å². The van der Waals surface area contributed by atoms with Gasteiger partial charge in [-0.1, -0.05) is 18.6 Å². The van der Waals surface area contributed by atoms with Crippen LogP contribution in [0.15, 0.2) is 48.5 Å². The molecule has 3 aromatic rings. The minimum absolute atomic E-state index is 0.0256. The van der Waals surface area contributed by atoms with Gasteiger partial charge < -0.3 is 15.8 Å². The monoisotopic (exact) mass is 438 g/mol. The van der Waals surface area contributed by atoms with Crippen molar-refractivity contribution < 1.29 is 18.7 Å². The molecule has 2 aromatic carbocycles. The summed E-state index contributed by atoms with van der Waals surface area (Å²) in [5, 5.41) is 3.98. The number of hydrogen-bond donors (Lipinski definition) is 2. The first-order valence-electron chi connectivity index (χ1n) is 9.96. The van der Waals surface area contributed by atoms with Crippen LogP contribution in [-0.4, -0.2) is 29.4 Å². The summed E-state index contributed by atoms with van der Waals surface area (Å²) in [5.41, 5.74) is 6.87. The van der Waals surface area contributed by atoms with E-state index in [9.17, 15) is 14.0 Å². The number of carbonyl (C=O) groups excluding carboxylic acids is 2. The van der Waals surface area contributed by atoms with Gasteiger partial charge in [0.15, 0.2) is 5.78 Å². The topological polar surface area (TPSA) is 94.3 Å². The standard InChI is InChI=1S/C23H21FN3O3S/c24-16-8-4-14(5-9-16)21-20(19(28)13-17-3-1-2-12-26-17)27-22(31-21)15-6-10-18(11-7-15)30-23(25)29/h4-11,13,17,26H,1-3,12H2,(H2,25,29). The van der Waals surface area contributed by atoms with Crippen molar-refractivity contribution in [2.45, 2.75) is 25.3 Å². The van der Waals surface area contributed by atoms with Crippen molar-refractivity contribution in [1.29, 1.82) is 0 Å². The molecule has 2 heterocycles. The van der Waals surface area contributed by atoms with Crippen LogP contribution >= 0.6 is 11.3 Å². The number of Topliss-reactive ketones (excluding diaryl/α,β-unsaturated/α-hetero) is 1. The molecule has 0 saturated carbocycles. The molecule has 1 radical (unpaired) electrons. The number of halogens is 1. The number of primary amides is 1. The van der Waals surface area contributed by atoms with Crippen LogP contribution in [-0.2, 0) is 0 Å². The number of carbonyl (C=O) groups is 2. The molecule has 0 bridgehead atoms. The highest BCUT2D eigenvalue weighted by Crippen LogP contribution is 2.37. The Labute approximate surface area is 183 Å². The van der Waals surface area contributed by atoms with E-state index < -0.39 is 6.09 Å². The van der Waals surface area contributed by atoms with Gasteiger partial charge in [-0.25, -0.2) is 14.2 Å². The minimum Gasteiger partial charge on any atom is -0.411 e. The summed E-state index contributed by atoms with van der Waals surface area (Å²) in [7, 11) is 0. The largest absolute Gasteiger partial charge is 0.411 e. The second kappa shape index (κ2) is 9.36. The highest BCUT2D eigenvalue weighted by atomic mass is 32.1.